The van der Waals surface area contributed by atoms with E-state index in [1.54, 1.807) is 11.8 Å². The van der Waals surface area contributed by atoms with Crippen LogP contribution in [0.3, 0.4) is 0 Å². The largest absolute Gasteiger partial charge is 0.331 e. The number of carbonyl (C=O) groups excluding carboxylic acids is 1. The van der Waals surface area contributed by atoms with E-state index in [0.29, 0.717) is 6.04 Å². The van der Waals surface area contributed by atoms with Crippen LogP contribution in [0.15, 0.2) is 0 Å². The lowest BCUT2D eigenvalue weighted by Gasteiger charge is -2.22. The van der Waals surface area contributed by atoms with Crippen molar-refractivity contribution in [3.8, 4) is 11.8 Å². The van der Waals surface area contributed by atoms with E-state index in [9.17, 15) is 4.79 Å². The Balaban J connectivity index is 2.43. The predicted octanol–water partition coefficient (Wildman–Crippen LogP) is 0.610. The van der Waals surface area contributed by atoms with Crippen LogP contribution >= 0.6 is 0 Å². The SMILES string of the molecule is CC#CC(=O)N(CC)CC1CCCN1. The summed E-state index contributed by atoms with van der Waals surface area (Å²) in [6, 6.07) is 0.470. The van der Waals surface area contributed by atoms with Crippen LogP contribution in [0, 0.1) is 11.8 Å². The lowest BCUT2D eigenvalue weighted by atomic mass is 10.2. The summed E-state index contributed by atoms with van der Waals surface area (Å²) in [4.78, 5) is 13.3. The summed E-state index contributed by atoms with van der Waals surface area (Å²) in [5, 5.41) is 3.38. The monoisotopic (exact) mass is 194 g/mol. The molecule has 0 aromatic rings. The number of likely N-dealkylation sites (N-methyl/N-ethyl adjacent to an activating group) is 1. The van der Waals surface area contributed by atoms with Crippen LogP contribution in [0.25, 0.3) is 0 Å². The molecular weight excluding hydrogens is 176 g/mol. The van der Waals surface area contributed by atoms with Gasteiger partial charge < -0.3 is 10.2 Å². The maximum Gasteiger partial charge on any atom is 0.298 e. The van der Waals surface area contributed by atoms with Crippen LogP contribution in [-0.2, 0) is 4.79 Å². The van der Waals surface area contributed by atoms with Crippen molar-refractivity contribution in [2.24, 2.45) is 0 Å². The predicted molar refractivity (Wildman–Crippen MR) is 56.7 cm³/mol. The Kier molecular flexibility index (Phi) is 4.48. The summed E-state index contributed by atoms with van der Waals surface area (Å²) in [5.74, 6) is 5.17. The molecule has 1 amide bonds. The van der Waals surface area contributed by atoms with Gasteiger partial charge in [-0.1, -0.05) is 5.92 Å². The molecule has 1 heterocycles. The van der Waals surface area contributed by atoms with Crippen LogP contribution < -0.4 is 5.32 Å². The van der Waals surface area contributed by atoms with Gasteiger partial charge in [0.05, 0.1) is 0 Å². The average Bonchev–Trinajstić information content (AvgIpc) is 2.66. The maximum absolute atomic E-state index is 11.5. The molecule has 0 spiro atoms. The molecule has 0 aromatic heterocycles. The van der Waals surface area contributed by atoms with Crippen molar-refractivity contribution in [1.82, 2.24) is 10.2 Å². The smallest absolute Gasteiger partial charge is 0.298 e. The Labute approximate surface area is 85.9 Å². The standard InChI is InChI=1S/C11H18N2O/c1-3-6-11(14)13(4-2)9-10-7-5-8-12-10/h10,12H,4-5,7-9H2,1-2H3. The van der Waals surface area contributed by atoms with Gasteiger partial charge in [0.2, 0.25) is 0 Å². The zero-order valence-electron chi connectivity index (χ0n) is 8.97. The van der Waals surface area contributed by atoms with Gasteiger partial charge in [0, 0.05) is 19.1 Å². The molecule has 1 aliphatic heterocycles. The zero-order valence-corrected chi connectivity index (χ0v) is 8.97. The summed E-state index contributed by atoms with van der Waals surface area (Å²) in [6.45, 7) is 6.30. The molecule has 0 radical (unpaired) electrons. The summed E-state index contributed by atoms with van der Waals surface area (Å²) in [5.41, 5.74) is 0. The van der Waals surface area contributed by atoms with E-state index in [2.05, 4.69) is 17.2 Å². The molecule has 0 aromatic carbocycles. The first-order chi connectivity index (χ1) is 6.77. The first kappa shape index (κ1) is 11.1. The van der Waals surface area contributed by atoms with Crippen LogP contribution in [0.1, 0.15) is 26.7 Å². The van der Waals surface area contributed by atoms with Gasteiger partial charge in [0.25, 0.3) is 5.91 Å². The van der Waals surface area contributed by atoms with Gasteiger partial charge in [-0.25, -0.2) is 0 Å². The van der Waals surface area contributed by atoms with Crippen molar-refractivity contribution < 1.29 is 4.79 Å². The fraction of sp³-hybridized carbons (Fsp3) is 0.727. The highest BCUT2D eigenvalue weighted by atomic mass is 16.2. The fourth-order valence-corrected chi connectivity index (χ4v) is 1.72. The maximum atomic E-state index is 11.5. The summed E-state index contributed by atoms with van der Waals surface area (Å²) in [7, 11) is 0. The van der Waals surface area contributed by atoms with E-state index in [1.807, 2.05) is 6.92 Å². The van der Waals surface area contributed by atoms with Crippen LogP contribution in [0.5, 0.6) is 0 Å². The highest BCUT2D eigenvalue weighted by molar-refractivity contribution is 5.93. The molecule has 1 aliphatic rings. The molecule has 0 aliphatic carbocycles. The Hall–Kier alpha value is -1.01. The Morgan fingerprint density at radius 2 is 2.43 bits per heavy atom. The van der Waals surface area contributed by atoms with Gasteiger partial charge in [0.1, 0.15) is 0 Å². The van der Waals surface area contributed by atoms with Crippen molar-refractivity contribution in [3.63, 3.8) is 0 Å². The third-order valence-electron chi connectivity index (χ3n) is 2.50. The van der Waals surface area contributed by atoms with E-state index in [-0.39, 0.29) is 5.91 Å². The first-order valence-electron chi connectivity index (χ1n) is 5.23. The number of hydrogen-bond donors (Lipinski definition) is 1. The zero-order chi connectivity index (χ0) is 10.4. The molecule has 1 rings (SSSR count). The normalized spacial score (nSPS) is 20.0. The fourth-order valence-electron chi connectivity index (χ4n) is 1.72. The second-order valence-electron chi connectivity index (χ2n) is 3.51. The van der Waals surface area contributed by atoms with E-state index >= 15 is 0 Å². The molecule has 3 nitrogen and oxygen atoms in total. The minimum Gasteiger partial charge on any atom is -0.331 e. The van der Waals surface area contributed by atoms with Gasteiger partial charge in [-0.2, -0.15) is 0 Å². The van der Waals surface area contributed by atoms with E-state index < -0.39 is 0 Å². The Morgan fingerprint density at radius 1 is 1.64 bits per heavy atom. The van der Waals surface area contributed by atoms with E-state index in [1.165, 1.54) is 12.8 Å². The summed E-state index contributed by atoms with van der Waals surface area (Å²) >= 11 is 0. The van der Waals surface area contributed by atoms with Crippen molar-refractivity contribution in [2.75, 3.05) is 19.6 Å². The topological polar surface area (TPSA) is 32.3 Å². The number of nitrogens with one attached hydrogen (secondary N) is 1. The molecule has 0 bridgehead atoms. The third-order valence-corrected chi connectivity index (χ3v) is 2.50. The summed E-state index contributed by atoms with van der Waals surface area (Å²) in [6.07, 6.45) is 2.39. The quantitative estimate of drug-likeness (QED) is 0.668. The first-order valence-corrected chi connectivity index (χ1v) is 5.23. The molecule has 1 fully saturated rings. The average molecular weight is 194 g/mol. The molecular formula is C11H18N2O. The molecule has 1 atom stereocenters. The molecule has 1 saturated heterocycles. The molecule has 3 heteroatoms. The lowest BCUT2D eigenvalue weighted by Crippen LogP contribution is -2.40. The molecule has 1 unspecified atom stereocenters. The third kappa shape index (κ3) is 3.04. The summed E-state index contributed by atoms with van der Waals surface area (Å²) < 4.78 is 0. The van der Waals surface area contributed by atoms with Crippen LogP contribution in [-0.4, -0.2) is 36.5 Å². The lowest BCUT2D eigenvalue weighted by molar-refractivity contribution is -0.125. The molecule has 78 valence electrons. The number of rotatable bonds is 3. The van der Waals surface area contributed by atoms with Gasteiger partial charge in [-0.3, -0.25) is 4.79 Å². The highest BCUT2D eigenvalue weighted by Gasteiger charge is 2.19. The number of carbonyl (C=O) groups is 1. The van der Waals surface area contributed by atoms with Crippen molar-refractivity contribution in [3.05, 3.63) is 0 Å². The van der Waals surface area contributed by atoms with Crippen molar-refractivity contribution in [1.29, 1.82) is 0 Å². The second kappa shape index (κ2) is 5.66. The Bertz CT molecular complexity index is 246. The van der Waals surface area contributed by atoms with Crippen molar-refractivity contribution >= 4 is 5.91 Å². The van der Waals surface area contributed by atoms with Gasteiger partial charge in [-0.15, -0.1) is 0 Å². The second-order valence-corrected chi connectivity index (χ2v) is 3.51. The number of nitrogens with zero attached hydrogens (tertiary/aromatic N) is 1. The number of amides is 1. The minimum absolute atomic E-state index is 0.0521. The van der Waals surface area contributed by atoms with Crippen LogP contribution in [0.4, 0.5) is 0 Å². The van der Waals surface area contributed by atoms with Gasteiger partial charge >= 0.3 is 0 Å². The van der Waals surface area contributed by atoms with Crippen molar-refractivity contribution in [2.45, 2.75) is 32.7 Å². The molecule has 14 heavy (non-hydrogen) atoms. The molecule has 1 N–H and O–H groups in total. The van der Waals surface area contributed by atoms with E-state index in [0.717, 1.165) is 19.6 Å². The van der Waals surface area contributed by atoms with Gasteiger partial charge in [-0.05, 0) is 39.2 Å². The van der Waals surface area contributed by atoms with Crippen LogP contribution in [0.2, 0.25) is 0 Å². The Morgan fingerprint density at radius 3 is 2.93 bits per heavy atom. The number of hydrogen-bond acceptors (Lipinski definition) is 2. The molecule has 0 saturated carbocycles. The minimum atomic E-state index is -0.0521. The van der Waals surface area contributed by atoms with Gasteiger partial charge in [0.15, 0.2) is 0 Å². The highest BCUT2D eigenvalue weighted by Crippen LogP contribution is 2.06. The van der Waals surface area contributed by atoms with E-state index in [4.69, 9.17) is 0 Å².